The van der Waals surface area contributed by atoms with Gasteiger partial charge in [0, 0.05) is 24.7 Å². The Morgan fingerprint density at radius 2 is 2.23 bits per heavy atom. The highest BCUT2D eigenvalue weighted by atomic mass is 35.5. The van der Waals surface area contributed by atoms with E-state index < -0.39 is 11.9 Å². The van der Waals surface area contributed by atoms with Gasteiger partial charge in [-0.15, -0.1) is 0 Å². The molecule has 4 rings (SSSR count). The van der Waals surface area contributed by atoms with Crippen molar-refractivity contribution in [3.05, 3.63) is 58.9 Å². The molecule has 31 heavy (non-hydrogen) atoms. The van der Waals surface area contributed by atoms with Gasteiger partial charge in [-0.3, -0.25) is 9.48 Å². The van der Waals surface area contributed by atoms with E-state index >= 15 is 0 Å². The Bertz CT molecular complexity index is 1140. The second kappa shape index (κ2) is 8.76. The lowest BCUT2D eigenvalue weighted by Gasteiger charge is -2.08. The Balaban J connectivity index is 1.31. The largest absolute Gasteiger partial charge is 0.470 e. The zero-order chi connectivity index (χ0) is 22.0. The summed E-state index contributed by atoms with van der Waals surface area (Å²) in [6.07, 6.45) is 4.59. The van der Waals surface area contributed by atoms with Crippen molar-refractivity contribution in [2.75, 3.05) is 5.32 Å². The van der Waals surface area contributed by atoms with E-state index in [1.807, 2.05) is 24.7 Å². The van der Waals surface area contributed by atoms with E-state index in [0.29, 0.717) is 23.6 Å². The molecule has 1 atom stereocenters. The Morgan fingerprint density at radius 1 is 1.39 bits per heavy atom. The molecule has 1 aliphatic rings. The minimum Gasteiger partial charge on any atom is -0.470 e. The van der Waals surface area contributed by atoms with Crippen LogP contribution in [0.1, 0.15) is 24.6 Å². The van der Waals surface area contributed by atoms with Crippen LogP contribution < -0.4 is 10.1 Å². The molecule has 1 unspecified atom stereocenters. The standard InChI is InChI=1S/C20H20ClFN6O3/c1-3-27-10-15(12(2)25-27)17-7-19(31-26-17)20(29)24-14-8-23-28(9-14)11-30-18-5-4-13(22)6-16(18)21/h4-6,8-10,19H,3,7,11H2,1-2H3,(H,24,29). The number of nitrogens with zero attached hydrogens (tertiary/aromatic N) is 5. The monoisotopic (exact) mass is 446 g/mol. The number of aryl methyl sites for hydroxylation is 2. The number of hydrogen-bond donors (Lipinski definition) is 1. The number of halogens is 2. The summed E-state index contributed by atoms with van der Waals surface area (Å²) >= 11 is 5.94. The highest BCUT2D eigenvalue weighted by Gasteiger charge is 2.30. The fourth-order valence-electron chi connectivity index (χ4n) is 3.09. The van der Waals surface area contributed by atoms with Crippen LogP contribution in [0.15, 0.2) is 41.9 Å². The predicted molar refractivity (Wildman–Crippen MR) is 112 cm³/mol. The highest BCUT2D eigenvalue weighted by molar-refractivity contribution is 6.32. The molecule has 1 aliphatic heterocycles. The lowest BCUT2D eigenvalue weighted by molar-refractivity contribution is -0.125. The molecule has 0 saturated carbocycles. The molecule has 3 heterocycles. The van der Waals surface area contributed by atoms with Crippen LogP contribution in [0.3, 0.4) is 0 Å². The molecule has 11 heteroatoms. The summed E-state index contributed by atoms with van der Waals surface area (Å²) < 4.78 is 21.9. The molecule has 1 N–H and O–H groups in total. The van der Waals surface area contributed by atoms with Crippen molar-refractivity contribution < 1.29 is 18.8 Å². The van der Waals surface area contributed by atoms with E-state index in [1.165, 1.54) is 23.0 Å². The number of nitrogens with one attached hydrogen (secondary N) is 1. The molecule has 0 aliphatic carbocycles. The molecule has 1 amide bonds. The van der Waals surface area contributed by atoms with Crippen LogP contribution in [0, 0.1) is 12.7 Å². The van der Waals surface area contributed by atoms with Gasteiger partial charge in [0.1, 0.15) is 11.6 Å². The van der Waals surface area contributed by atoms with Crippen LogP contribution in [0.4, 0.5) is 10.1 Å². The molecule has 0 saturated heterocycles. The SMILES string of the molecule is CCn1cc(C2=NOC(C(=O)Nc3cnn(COc4ccc(F)cc4Cl)c3)C2)c(C)n1. The van der Waals surface area contributed by atoms with E-state index in [4.69, 9.17) is 21.2 Å². The van der Waals surface area contributed by atoms with E-state index in [-0.39, 0.29) is 17.7 Å². The summed E-state index contributed by atoms with van der Waals surface area (Å²) in [5.74, 6) is -0.451. The first kappa shape index (κ1) is 20.9. The van der Waals surface area contributed by atoms with Crippen LogP contribution in [0.2, 0.25) is 5.02 Å². The quantitative estimate of drug-likeness (QED) is 0.600. The predicted octanol–water partition coefficient (Wildman–Crippen LogP) is 3.37. The van der Waals surface area contributed by atoms with Gasteiger partial charge in [0.05, 0.1) is 34.5 Å². The Labute approximate surface area is 182 Å². The first-order valence-corrected chi connectivity index (χ1v) is 9.99. The third kappa shape index (κ3) is 4.69. The molecule has 162 valence electrons. The third-order valence-corrected chi connectivity index (χ3v) is 4.98. The van der Waals surface area contributed by atoms with Crippen molar-refractivity contribution in [3.63, 3.8) is 0 Å². The highest BCUT2D eigenvalue weighted by Crippen LogP contribution is 2.25. The number of ether oxygens (including phenoxy) is 1. The number of hydrogen-bond acceptors (Lipinski definition) is 6. The van der Waals surface area contributed by atoms with Crippen LogP contribution in [0.5, 0.6) is 5.75 Å². The Kier molecular flexibility index (Phi) is 5.90. The first-order chi connectivity index (χ1) is 14.9. The molecular formula is C20H20ClFN6O3. The van der Waals surface area contributed by atoms with E-state index in [2.05, 4.69) is 20.7 Å². The molecule has 0 radical (unpaired) electrons. The zero-order valence-electron chi connectivity index (χ0n) is 16.9. The second-order valence-corrected chi connectivity index (χ2v) is 7.33. The molecule has 0 fully saturated rings. The Morgan fingerprint density at radius 3 is 2.97 bits per heavy atom. The van der Waals surface area contributed by atoms with Crippen LogP contribution in [-0.2, 0) is 22.9 Å². The normalized spacial score (nSPS) is 15.5. The summed E-state index contributed by atoms with van der Waals surface area (Å²) in [6.45, 7) is 4.68. The van der Waals surface area contributed by atoms with Crippen molar-refractivity contribution in [1.82, 2.24) is 19.6 Å². The molecule has 3 aromatic rings. The fraction of sp³-hybridized carbons (Fsp3) is 0.300. The zero-order valence-corrected chi connectivity index (χ0v) is 17.6. The lowest BCUT2D eigenvalue weighted by Crippen LogP contribution is -2.27. The van der Waals surface area contributed by atoms with E-state index in [0.717, 1.165) is 23.9 Å². The minimum absolute atomic E-state index is 0.0368. The van der Waals surface area contributed by atoms with Crippen molar-refractivity contribution in [2.45, 2.75) is 39.6 Å². The van der Waals surface area contributed by atoms with Gasteiger partial charge in [0.2, 0.25) is 6.10 Å². The van der Waals surface area contributed by atoms with E-state index in [1.54, 1.807) is 6.20 Å². The number of carbonyl (C=O) groups excluding carboxylic acids is 1. The fourth-order valence-corrected chi connectivity index (χ4v) is 3.31. The summed E-state index contributed by atoms with van der Waals surface area (Å²) in [4.78, 5) is 17.9. The van der Waals surface area contributed by atoms with Gasteiger partial charge in [-0.1, -0.05) is 16.8 Å². The number of benzene rings is 1. The number of carbonyl (C=O) groups is 1. The smallest absolute Gasteiger partial charge is 0.268 e. The number of oxime groups is 1. The summed E-state index contributed by atoms with van der Waals surface area (Å²) in [5.41, 5.74) is 2.89. The van der Waals surface area contributed by atoms with Crippen molar-refractivity contribution in [1.29, 1.82) is 0 Å². The number of amides is 1. The molecule has 0 bridgehead atoms. The molecular weight excluding hydrogens is 427 g/mol. The average Bonchev–Trinajstić information content (AvgIpc) is 3.47. The molecule has 0 spiro atoms. The third-order valence-electron chi connectivity index (χ3n) is 4.69. The van der Waals surface area contributed by atoms with Gasteiger partial charge in [-0.2, -0.15) is 10.2 Å². The van der Waals surface area contributed by atoms with Gasteiger partial charge in [-0.25, -0.2) is 9.07 Å². The molecule has 2 aromatic heterocycles. The van der Waals surface area contributed by atoms with Crippen LogP contribution in [-0.4, -0.2) is 37.3 Å². The maximum absolute atomic E-state index is 13.1. The van der Waals surface area contributed by atoms with Gasteiger partial charge in [0.15, 0.2) is 6.73 Å². The van der Waals surface area contributed by atoms with E-state index in [9.17, 15) is 9.18 Å². The minimum atomic E-state index is -0.739. The summed E-state index contributed by atoms with van der Waals surface area (Å²) in [6, 6.07) is 3.85. The molecule has 9 nitrogen and oxygen atoms in total. The summed E-state index contributed by atoms with van der Waals surface area (Å²) in [7, 11) is 0. The average molecular weight is 447 g/mol. The Hall–Kier alpha value is -3.40. The molecule has 1 aromatic carbocycles. The number of rotatable bonds is 7. The number of anilines is 1. The van der Waals surface area contributed by atoms with Crippen molar-refractivity contribution in [2.24, 2.45) is 5.16 Å². The van der Waals surface area contributed by atoms with Gasteiger partial charge in [-0.05, 0) is 32.0 Å². The maximum Gasteiger partial charge on any atom is 0.268 e. The van der Waals surface area contributed by atoms with Crippen molar-refractivity contribution in [3.8, 4) is 5.75 Å². The van der Waals surface area contributed by atoms with Gasteiger partial charge >= 0.3 is 0 Å². The van der Waals surface area contributed by atoms with Crippen molar-refractivity contribution >= 4 is 28.9 Å². The topological polar surface area (TPSA) is 95.6 Å². The number of aromatic nitrogens is 4. The first-order valence-electron chi connectivity index (χ1n) is 9.61. The van der Waals surface area contributed by atoms with Gasteiger partial charge in [0.25, 0.3) is 5.91 Å². The summed E-state index contributed by atoms with van der Waals surface area (Å²) in [5, 5.41) is 15.5. The van der Waals surface area contributed by atoms with Gasteiger partial charge < -0.3 is 14.9 Å². The second-order valence-electron chi connectivity index (χ2n) is 6.93. The maximum atomic E-state index is 13.1. The van der Waals surface area contributed by atoms with Crippen LogP contribution >= 0.6 is 11.6 Å². The van der Waals surface area contributed by atoms with Crippen LogP contribution in [0.25, 0.3) is 0 Å². The lowest BCUT2D eigenvalue weighted by atomic mass is 10.1.